The zero-order valence-corrected chi connectivity index (χ0v) is 20.0. The largest absolute Gasteiger partial charge is 0.419 e. The molecule has 0 bridgehead atoms. The van der Waals surface area contributed by atoms with E-state index < -0.39 is 22.6 Å². The Labute approximate surface area is 207 Å². The lowest BCUT2D eigenvalue weighted by Crippen LogP contribution is -2.44. The van der Waals surface area contributed by atoms with Crippen molar-refractivity contribution in [2.45, 2.75) is 12.8 Å². The number of nitrogens with zero attached hydrogens (tertiary/aromatic N) is 3. The van der Waals surface area contributed by atoms with Gasteiger partial charge in [-0.05, 0) is 41.7 Å². The van der Waals surface area contributed by atoms with Gasteiger partial charge in [-0.1, -0.05) is 30.3 Å². The highest BCUT2D eigenvalue weighted by molar-refractivity contribution is 5.90. The van der Waals surface area contributed by atoms with Crippen molar-refractivity contribution in [2.75, 3.05) is 32.8 Å². The van der Waals surface area contributed by atoms with Crippen LogP contribution in [0.15, 0.2) is 51.7 Å². The van der Waals surface area contributed by atoms with Crippen LogP contribution in [0.1, 0.15) is 12.0 Å². The van der Waals surface area contributed by atoms with Crippen LogP contribution >= 0.6 is 0 Å². The second-order valence-corrected chi connectivity index (χ2v) is 9.60. The Hall–Kier alpha value is -4.10. The van der Waals surface area contributed by atoms with Gasteiger partial charge in [-0.15, -0.1) is 0 Å². The van der Waals surface area contributed by atoms with Gasteiger partial charge in [0.25, 0.3) is 0 Å². The van der Waals surface area contributed by atoms with Crippen molar-refractivity contribution in [3.8, 4) is 17.2 Å². The molecule has 1 aliphatic heterocycles. The maximum atomic E-state index is 13.0. The van der Waals surface area contributed by atoms with Crippen molar-refractivity contribution in [3.05, 3.63) is 58.6 Å². The van der Waals surface area contributed by atoms with Gasteiger partial charge >= 0.3 is 11.8 Å². The van der Waals surface area contributed by atoms with Gasteiger partial charge < -0.3 is 25.1 Å². The second kappa shape index (κ2) is 8.84. The molecule has 2 fully saturated rings. The van der Waals surface area contributed by atoms with Crippen LogP contribution in [-0.4, -0.2) is 54.3 Å². The molecule has 1 unspecified atom stereocenters. The molecule has 2 aliphatic rings. The van der Waals surface area contributed by atoms with E-state index in [1.165, 1.54) is 9.47 Å². The molecule has 3 amide bonds. The van der Waals surface area contributed by atoms with E-state index in [9.17, 15) is 19.6 Å². The molecule has 0 radical (unpaired) electrons. The maximum absolute atomic E-state index is 13.0. The fourth-order valence-corrected chi connectivity index (χ4v) is 5.12. The molecule has 36 heavy (non-hydrogen) atoms. The summed E-state index contributed by atoms with van der Waals surface area (Å²) in [5.41, 5.74) is 7.76. The minimum Gasteiger partial charge on any atom is -0.408 e. The Kier molecular flexibility index (Phi) is 5.80. The second-order valence-electron chi connectivity index (χ2n) is 9.60. The van der Waals surface area contributed by atoms with Crippen molar-refractivity contribution in [2.24, 2.45) is 23.6 Å². The molecule has 2 heterocycles. The van der Waals surface area contributed by atoms with Gasteiger partial charge in [0.05, 0.1) is 24.8 Å². The van der Waals surface area contributed by atoms with Gasteiger partial charge in [0.2, 0.25) is 5.91 Å². The Morgan fingerprint density at radius 2 is 1.94 bits per heavy atom. The van der Waals surface area contributed by atoms with E-state index in [1.807, 2.05) is 36.4 Å². The number of nitrogens with two attached hydrogens (primary N) is 1. The van der Waals surface area contributed by atoms with Crippen molar-refractivity contribution >= 4 is 23.0 Å². The number of oxazole rings is 1. The molecule has 5 rings (SSSR count). The number of carbonyl (C=O) groups is 2. The number of hydrogen-bond donors (Lipinski definition) is 2. The smallest absolute Gasteiger partial charge is 0.408 e. The number of urea groups is 1. The lowest BCUT2D eigenvalue weighted by Gasteiger charge is -2.24. The number of benzene rings is 2. The summed E-state index contributed by atoms with van der Waals surface area (Å²) in [5, 5.41) is 12.8. The predicted octanol–water partition coefficient (Wildman–Crippen LogP) is 1.77. The number of amides is 3. The summed E-state index contributed by atoms with van der Waals surface area (Å²) in [4.78, 5) is 37.9. The Balaban J connectivity index is 1.21. The van der Waals surface area contributed by atoms with Gasteiger partial charge in [0.1, 0.15) is 5.41 Å². The molecule has 1 saturated carbocycles. The molecule has 1 aromatic heterocycles. The highest BCUT2D eigenvalue weighted by Gasteiger charge is 2.73. The summed E-state index contributed by atoms with van der Waals surface area (Å²) in [6.07, 6.45) is 0.938. The van der Waals surface area contributed by atoms with Crippen LogP contribution in [0.2, 0.25) is 0 Å². The number of nitrogens with one attached hydrogen (secondary N) is 1. The van der Waals surface area contributed by atoms with Crippen molar-refractivity contribution in [3.63, 3.8) is 0 Å². The summed E-state index contributed by atoms with van der Waals surface area (Å²) in [7, 11) is 1.67. The first kappa shape index (κ1) is 23.6. The van der Waals surface area contributed by atoms with Crippen molar-refractivity contribution < 1.29 is 18.7 Å². The third-order valence-corrected chi connectivity index (χ3v) is 7.43. The zero-order valence-electron chi connectivity index (χ0n) is 20.0. The number of fused-ring (bicyclic) bond motifs is 1. The first-order valence-electron chi connectivity index (χ1n) is 11.8. The van der Waals surface area contributed by atoms with E-state index in [1.54, 1.807) is 13.1 Å². The van der Waals surface area contributed by atoms with Gasteiger partial charge in [-0.2, -0.15) is 5.26 Å². The summed E-state index contributed by atoms with van der Waals surface area (Å²) in [6, 6.07) is 15.2. The summed E-state index contributed by atoms with van der Waals surface area (Å²) in [5.74, 6) is -0.734. The number of primary amides is 1. The molecule has 2 atom stereocenters. The standard InChI is InChI=1S/C26H27N5O5/c1-30-20-12-19(6-7-21(20)36-24(30)34)18-4-2-17(3-5-18)8-9-29-22(32)26(14-27)13-25(26)15-31(23(28)33)10-11-35-16-25/h2-7,12H,8-11,13,15-16H2,1H3,(H2,28,33)(H,29,32)/t25?,26-/m0/s1. The van der Waals surface area contributed by atoms with Gasteiger partial charge in [-0.3, -0.25) is 9.36 Å². The molecule has 1 aliphatic carbocycles. The summed E-state index contributed by atoms with van der Waals surface area (Å²) < 4.78 is 12.3. The zero-order chi connectivity index (χ0) is 25.5. The van der Waals surface area contributed by atoms with Gasteiger partial charge in [0, 0.05) is 32.1 Å². The number of rotatable bonds is 5. The number of hydrogen-bond acceptors (Lipinski definition) is 6. The van der Waals surface area contributed by atoms with Crippen LogP contribution < -0.4 is 16.8 Å². The molecule has 10 heteroatoms. The average molecular weight is 490 g/mol. The molecule has 3 aromatic rings. The minimum absolute atomic E-state index is 0.240. The van der Waals surface area contributed by atoms with Crippen molar-refractivity contribution in [1.82, 2.24) is 14.8 Å². The molecule has 10 nitrogen and oxygen atoms in total. The molecule has 2 aromatic carbocycles. The number of carbonyl (C=O) groups excluding carboxylic acids is 2. The third kappa shape index (κ3) is 3.91. The quantitative estimate of drug-likeness (QED) is 0.559. The first-order chi connectivity index (χ1) is 17.3. The molecular formula is C26H27N5O5. The monoisotopic (exact) mass is 489 g/mol. The summed E-state index contributed by atoms with van der Waals surface area (Å²) >= 11 is 0. The number of aromatic nitrogens is 1. The third-order valence-electron chi connectivity index (χ3n) is 7.43. The molecule has 1 saturated heterocycles. The van der Waals surface area contributed by atoms with Crippen LogP contribution in [-0.2, 0) is 23.0 Å². The highest BCUT2D eigenvalue weighted by Crippen LogP contribution is 2.64. The maximum Gasteiger partial charge on any atom is 0.419 e. The number of nitriles is 1. The fraction of sp³-hybridized carbons (Fsp3) is 0.385. The van der Waals surface area contributed by atoms with Crippen LogP contribution in [0.5, 0.6) is 0 Å². The van der Waals surface area contributed by atoms with Crippen molar-refractivity contribution in [1.29, 1.82) is 5.26 Å². The van der Waals surface area contributed by atoms with E-state index in [0.717, 1.165) is 22.2 Å². The van der Waals surface area contributed by atoms with E-state index >= 15 is 0 Å². The molecule has 1 spiro atoms. The van der Waals surface area contributed by atoms with Crippen LogP contribution in [0.3, 0.4) is 0 Å². The predicted molar refractivity (Wildman–Crippen MR) is 131 cm³/mol. The lowest BCUT2D eigenvalue weighted by molar-refractivity contribution is -0.126. The normalized spacial score (nSPS) is 23.3. The van der Waals surface area contributed by atoms with E-state index in [2.05, 4.69) is 11.4 Å². The van der Waals surface area contributed by atoms with E-state index in [0.29, 0.717) is 38.1 Å². The molecular weight excluding hydrogens is 462 g/mol. The fourth-order valence-electron chi connectivity index (χ4n) is 5.12. The summed E-state index contributed by atoms with van der Waals surface area (Å²) in [6.45, 7) is 1.55. The van der Waals surface area contributed by atoms with Crippen LogP contribution in [0.4, 0.5) is 4.79 Å². The average Bonchev–Trinajstić information content (AvgIpc) is 3.52. The minimum atomic E-state index is -1.22. The topological polar surface area (TPSA) is 144 Å². The van der Waals surface area contributed by atoms with Gasteiger partial charge in [0.15, 0.2) is 5.58 Å². The first-order valence-corrected chi connectivity index (χ1v) is 11.8. The van der Waals surface area contributed by atoms with Gasteiger partial charge in [-0.25, -0.2) is 9.59 Å². The van der Waals surface area contributed by atoms with Crippen LogP contribution in [0.25, 0.3) is 22.2 Å². The Bertz CT molecular complexity index is 1440. The lowest BCUT2D eigenvalue weighted by atomic mass is 9.92. The number of aryl methyl sites for hydroxylation is 1. The SMILES string of the molecule is Cn1c(=O)oc2ccc(-c3ccc(CCNC(=O)[C@@]4(C#N)CC45COCCN(C(N)=O)C5)cc3)cc21. The van der Waals surface area contributed by atoms with E-state index in [4.69, 9.17) is 14.9 Å². The van der Waals surface area contributed by atoms with Crippen LogP contribution in [0, 0.1) is 22.2 Å². The highest BCUT2D eigenvalue weighted by atomic mass is 16.5. The van der Waals surface area contributed by atoms with E-state index in [-0.39, 0.29) is 19.1 Å². The Morgan fingerprint density at radius 1 is 1.19 bits per heavy atom. The molecule has 3 N–H and O–H groups in total. The number of ether oxygens (including phenoxy) is 1. The Morgan fingerprint density at radius 3 is 2.67 bits per heavy atom. The molecule has 186 valence electrons.